The van der Waals surface area contributed by atoms with Crippen LogP contribution in [0.3, 0.4) is 0 Å². The van der Waals surface area contributed by atoms with E-state index in [9.17, 15) is 9.18 Å². The Morgan fingerprint density at radius 2 is 1.70 bits per heavy atom. The van der Waals surface area contributed by atoms with Crippen LogP contribution >= 0.6 is 31.9 Å². The molecule has 2 aromatic carbocycles. The monoisotopic (exact) mass is 402 g/mol. The van der Waals surface area contributed by atoms with Gasteiger partial charge in [0.2, 0.25) is 0 Å². The first-order valence-electron chi connectivity index (χ1n) is 5.50. The van der Waals surface area contributed by atoms with Gasteiger partial charge in [-0.2, -0.15) is 0 Å². The number of carbonyl (C=O) groups is 1. The van der Waals surface area contributed by atoms with Crippen LogP contribution in [0.15, 0.2) is 39.3 Å². The lowest BCUT2D eigenvalue weighted by molar-refractivity contribution is 0.112. The maximum absolute atomic E-state index is 13.3. The lowest BCUT2D eigenvalue weighted by Crippen LogP contribution is -1.91. The SMILES string of the molecule is COc1cc(Br)c(Oc2cc(F)cc(C=O)c2)cc1Br. The third-order valence-electron chi connectivity index (χ3n) is 2.46. The molecule has 0 bridgehead atoms. The molecule has 0 aliphatic rings. The van der Waals surface area contributed by atoms with E-state index in [1.54, 1.807) is 19.2 Å². The van der Waals surface area contributed by atoms with E-state index in [4.69, 9.17) is 9.47 Å². The molecule has 0 saturated heterocycles. The van der Waals surface area contributed by atoms with Crippen LogP contribution in [-0.4, -0.2) is 13.4 Å². The summed E-state index contributed by atoms with van der Waals surface area (Å²) < 4.78 is 25.4. The van der Waals surface area contributed by atoms with Crippen molar-refractivity contribution in [1.29, 1.82) is 0 Å². The predicted molar refractivity (Wildman–Crippen MR) is 80.3 cm³/mol. The van der Waals surface area contributed by atoms with Crippen molar-refractivity contribution in [3.05, 3.63) is 50.7 Å². The van der Waals surface area contributed by atoms with Gasteiger partial charge in [-0.1, -0.05) is 0 Å². The number of carbonyl (C=O) groups excluding carboxylic acids is 1. The van der Waals surface area contributed by atoms with Crippen molar-refractivity contribution < 1.29 is 18.7 Å². The number of rotatable bonds is 4. The van der Waals surface area contributed by atoms with Gasteiger partial charge >= 0.3 is 0 Å². The van der Waals surface area contributed by atoms with Gasteiger partial charge in [-0.05, 0) is 56.1 Å². The molecule has 0 heterocycles. The third-order valence-corrected chi connectivity index (χ3v) is 3.70. The largest absolute Gasteiger partial charge is 0.496 e. The molecule has 2 aromatic rings. The van der Waals surface area contributed by atoms with Crippen molar-refractivity contribution >= 4 is 38.1 Å². The zero-order chi connectivity index (χ0) is 14.7. The van der Waals surface area contributed by atoms with E-state index < -0.39 is 5.82 Å². The molecular weight excluding hydrogens is 395 g/mol. The summed E-state index contributed by atoms with van der Waals surface area (Å²) in [5.74, 6) is 0.815. The fourth-order valence-electron chi connectivity index (χ4n) is 1.58. The Hall–Kier alpha value is -1.40. The van der Waals surface area contributed by atoms with Crippen LogP contribution < -0.4 is 9.47 Å². The lowest BCUT2D eigenvalue weighted by atomic mass is 10.2. The number of methoxy groups -OCH3 is 1. The molecule has 0 N–H and O–H groups in total. The Bertz CT molecular complexity index is 659. The minimum Gasteiger partial charge on any atom is -0.496 e. The molecule has 0 atom stereocenters. The number of halogens is 3. The maximum Gasteiger partial charge on any atom is 0.150 e. The summed E-state index contributed by atoms with van der Waals surface area (Å²) >= 11 is 6.69. The molecule has 6 heteroatoms. The Balaban J connectivity index is 2.37. The third kappa shape index (κ3) is 3.37. The van der Waals surface area contributed by atoms with Crippen molar-refractivity contribution in [3.63, 3.8) is 0 Å². The first kappa shape index (κ1) is 15.0. The summed E-state index contributed by atoms with van der Waals surface area (Å²) in [6, 6.07) is 7.21. The minimum absolute atomic E-state index is 0.212. The molecule has 0 spiro atoms. The quantitative estimate of drug-likeness (QED) is 0.676. The molecule has 0 radical (unpaired) electrons. The predicted octanol–water partition coefficient (Wildman–Crippen LogP) is 4.96. The van der Waals surface area contributed by atoms with Crippen molar-refractivity contribution in [2.75, 3.05) is 7.11 Å². The van der Waals surface area contributed by atoms with E-state index in [0.29, 0.717) is 26.7 Å². The highest BCUT2D eigenvalue weighted by Crippen LogP contribution is 2.38. The number of hydrogen-bond donors (Lipinski definition) is 0. The highest BCUT2D eigenvalue weighted by Gasteiger charge is 2.10. The summed E-state index contributed by atoms with van der Waals surface area (Å²) in [5, 5.41) is 0. The van der Waals surface area contributed by atoms with Gasteiger partial charge in [0, 0.05) is 11.6 Å². The summed E-state index contributed by atoms with van der Waals surface area (Å²) in [5.41, 5.74) is 0.212. The first-order valence-corrected chi connectivity index (χ1v) is 7.08. The van der Waals surface area contributed by atoms with Gasteiger partial charge in [-0.25, -0.2) is 4.39 Å². The Morgan fingerprint density at radius 3 is 2.35 bits per heavy atom. The smallest absolute Gasteiger partial charge is 0.150 e. The molecule has 3 nitrogen and oxygen atoms in total. The van der Waals surface area contributed by atoms with Crippen LogP contribution in [0.1, 0.15) is 10.4 Å². The van der Waals surface area contributed by atoms with Crippen LogP contribution in [-0.2, 0) is 0 Å². The molecule has 0 saturated carbocycles. The minimum atomic E-state index is -0.534. The first-order chi connectivity index (χ1) is 9.53. The fraction of sp³-hybridized carbons (Fsp3) is 0.0714. The second kappa shape index (κ2) is 6.37. The van der Waals surface area contributed by atoms with E-state index in [1.165, 1.54) is 12.1 Å². The van der Waals surface area contributed by atoms with Gasteiger partial charge in [0.15, 0.2) is 0 Å². The molecular formula is C14H9Br2FO3. The van der Waals surface area contributed by atoms with Gasteiger partial charge in [0.1, 0.15) is 29.4 Å². The summed E-state index contributed by atoms with van der Waals surface area (Å²) in [6.45, 7) is 0. The van der Waals surface area contributed by atoms with Crippen molar-refractivity contribution in [1.82, 2.24) is 0 Å². The van der Waals surface area contributed by atoms with Gasteiger partial charge in [0.05, 0.1) is 16.1 Å². The Labute approximate surface area is 132 Å². The molecule has 2 rings (SSSR count). The second-order valence-corrected chi connectivity index (χ2v) is 5.57. The highest BCUT2D eigenvalue weighted by molar-refractivity contribution is 9.11. The van der Waals surface area contributed by atoms with Crippen LogP contribution in [0.4, 0.5) is 4.39 Å². The average molecular weight is 404 g/mol. The summed E-state index contributed by atoms with van der Waals surface area (Å²) in [7, 11) is 1.55. The van der Waals surface area contributed by atoms with Crippen molar-refractivity contribution in [2.45, 2.75) is 0 Å². The van der Waals surface area contributed by atoms with Crippen LogP contribution in [0.5, 0.6) is 17.2 Å². The topological polar surface area (TPSA) is 35.5 Å². The summed E-state index contributed by atoms with van der Waals surface area (Å²) in [6.07, 6.45) is 0.564. The van der Waals surface area contributed by atoms with Crippen LogP contribution in [0.2, 0.25) is 0 Å². The fourth-order valence-corrected chi connectivity index (χ4v) is 2.47. The van der Waals surface area contributed by atoms with E-state index in [0.717, 1.165) is 6.07 Å². The molecule has 104 valence electrons. The zero-order valence-corrected chi connectivity index (χ0v) is 13.5. The molecule has 0 aromatic heterocycles. The maximum atomic E-state index is 13.3. The molecule has 0 amide bonds. The second-order valence-electron chi connectivity index (χ2n) is 3.86. The Kier molecular flexibility index (Phi) is 4.77. The standard InChI is InChI=1S/C14H9Br2FO3/c1-19-13-5-12(16)14(6-11(13)15)20-10-3-8(7-18)2-9(17)4-10/h2-7H,1H3. The van der Waals surface area contributed by atoms with E-state index in [2.05, 4.69) is 31.9 Å². The van der Waals surface area contributed by atoms with Gasteiger partial charge in [-0.3, -0.25) is 4.79 Å². The lowest BCUT2D eigenvalue weighted by Gasteiger charge is -2.11. The molecule has 0 aliphatic carbocycles. The van der Waals surface area contributed by atoms with E-state index >= 15 is 0 Å². The van der Waals surface area contributed by atoms with Gasteiger partial charge in [0.25, 0.3) is 0 Å². The van der Waals surface area contributed by atoms with E-state index in [1.807, 2.05) is 0 Å². The van der Waals surface area contributed by atoms with E-state index in [-0.39, 0.29) is 11.3 Å². The zero-order valence-electron chi connectivity index (χ0n) is 10.3. The van der Waals surface area contributed by atoms with Crippen molar-refractivity contribution in [3.8, 4) is 17.2 Å². The average Bonchev–Trinajstić information content (AvgIpc) is 2.41. The van der Waals surface area contributed by atoms with Crippen molar-refractivity contribution in [2.24, 2.45) is 0 Å². The van der Waals surface area contributed by atoms with Crippen LogP contribution in [0.25, 0.3) is 0 Å². The number of benzene rings is 2. The van der Waals surface area contributed by atoms with Gasteiger partial charge in [-0.15, -0.1) is 0 Å². The van der Waals surface area contributed by atoms with Gasteiger partial charge < -0.3 is 9.47 Å². The molecule has 0 unspecified atom stereocenters. The summed E-state index contributed by atoms with van der Waals surface area (Å²) in [4.78, 5) is 10.7. The number of hydrogen-bond acceptors (Lipinski definition) is 3. The highest BCUT2D eigenvalue weighted by atomic mass is 79.9. The molecule has 20 heavy (non-hydrogen) atoms. The molecule has 0 aliphatic heterocycles. The molecule has 0 fully saturated rings. The Morgan fingerprint density at radius 1 is 1.05 bits per heavy atom. The number of ether oxygens (including phenoxy) is 2. The normalized spacial score (nSPS) is 10.2. The number of aldehydes is 1. The van der Waals surface area contributed by atoms with Crippen LogP contribution in [0, 0.1) is 5.82 Å².